The van der Waals surface area contributed by atoms with Crippen molar-refractivity contribution in [2.24, 2.45) is 12.1 Å². The van der Waals surface area contributed by atoms with Gasteiger partial charge in [0, 0.05) is 13.6 Å². The molecule has 2 aromatic heterocycles. The van der Waals surface area contributed by atoms with Crippen molar-refractivity contribution in [2.75, 3.05) is 11.6 Å². The molecule has 3 heterocycles. The molecule has 0 saturated heterocycles. The lowest BCUT2D eigenvalue weighted by Crippen LogP contribution is -2.30. The Morgan fingerprint density at radius 1 is 1.23 bits per heavy atom. The monoisotopic (exact) mass is 302 g/mol. The van der Waals surface area contributed by atoms with Crippen LogP contribution >= 0.6 is 0 Å². The van der Waals surface area contributed by atoms with Gasteiger partial charge in [-0.15, -0.1) is 0 Å². The van der Waals surface area contributed by atoms with Gasteiger partial charge in [-0.05, 0) is 19.8 Å². The van der Waals surface area contributed by atoms with Crippen LogP contribution in [0.1, 0.15) is 39.3 Å². The average molecular weight is 302 g/mol. The Morgan fingerprint density at radius 3 is 2.68 bits per heavy atom. The predicted octanol–water partition coefficient (Wildman–Crippen LogP) is 1.69. The van der Waals surface area contributed by atoms with Gasteiger partial charge in [-0.2, -0.15) is 15.2 Å². The zero-order valence-electron chi connectivity index (χ0n) is 13.6. The summed E-state index contributed by atoms with van der Waals surface area (Å²) in [5.41, 5.74) is 2.87. The molecule has 118 valence electrons. The van der Waals surface area contributed by atoms with Crippen LogP contribution in [0.5, 0.6) is 0 Å². The Balaban J connectivity index is 2.27. The number of fused-ring (bicyclic) bond motifs is 3. The summed E-state index contributed by atoms with van der Waals surface area (Å²) in [7, 11) is 1.85. The molecule has 0 fully saturated rings. The van der Waals surface area contributed by atoms with Gasteiger partial charge in [-0.1, -0.05) is 20.3 Å². The van der Waals surface area contributed by atoms with Gasteiger partial charge in [0.25, 0.3) is 0 Å². The van der Waals surface area contributed by atoms with Crippen LogP contribution in [0.2, 0.25) is 0 Å². The molecule has 0 radical (unpaired) electrons. The molecule has 7 nitrogen and oxygen atoms in total. The molecule has 0 aliphatic carbocycles. The van der Waals surface area contributed by atoms with Crippen molar-refractivity contribution in [2.45, 2.75) is 46.6 Å². The van der Waals surface area contributed by atoms with Gasteiger partial charge in [-0.3, -0.25) is 9.36 Å². The van der Waals surface area contributed by atoms with Crippen LogP contribution in [0.3, 0.4) is 0 Å². The highest BCUT2D eigenvalue weighted by Crippen LogP contribution is 2.24. The minimum absolute atomic E-state index is 0.000140. The zero-order valence-corrected chi connectivity index (χ0v) is 13.6. The summed E-state index contributed by atoms with van der Waals surface area (Å²) in [6.07, 6.45) is 2.56. The molecule has 1 aliphatic heterocycles. The molecule has 22 heavy (non-hydrogen) atoms. The van der Waals surface area contributed by atoms with Gasteiger partial charge < -0.3 is 0 Å². The average Bonchev–Trinajstić information content (AvgIpc) is 2.85. The Kier molecular flexibility index (Phi) is 3.72. The van der Waals surface area contributed by atoms with Gasteiger partial charge in [0.1, 0.15) is 11.2 Å². The van der Waals surface area contributed by atoms with Crippen molar-refractivity contribution in [1.82, 2.24) is 19.3 Å². The van der Waals surface area contributed by atoms with Gasteiger partial charge in [0.05, 0.1) is 12.3 Å². The maximum atomic E-state index is 12.8. The smallest absolute Gasteiger partial charge is 0.229 e. The number of aryl methyl sites for hydroxylation is 2. The van der Waals surface area contributed by atoms with Crippen LogP contribution in [0, 0.1) is 0 Å². The lowest BCUT2D eigenvalue weighted by Gasteiger charge is -2.24. The quantitative estimate of drug-likeness (QED) is 0.862. The van der Waals surface area contributed by atoms with Crippen molar-refractivity contribution in [3.8, 4) is 0 Å². The predicted molar refractivity (Wildman–Crippen MR) is 87.5 cm³/mol. The summed E-state index contributed by atoms with van der Waals surface area (Å²) < 4.78 is 3.70. The first-order valence-electron chi connectivity index (χ1n) is 7.84. The molecular formula is C15H22N6O. The first kappa shape index (κ1) is 14.7. The lowest BCUT2D eigenvalue weighted by molar-refractivity contribution is 0.705. The zero-order chi connectivity index (χ0) is 15.9. The van der Waals surface area contributed by atoms with E-state index in [1.54, 1.807) is 4.68 Å². The van der Waals surface area contributed by atoms with E-state index in [4.69, 9.17) is 0 Å². The van der Waals surface area contributed by atoms with E-state index in [-0.39, 0.29) is 5.43 Å². The van der Waals surface area contributed by atoms with E-state index in [0.29, 0.717) is 29.8 Å². The fourth-order valence-corrected chi connectivity index (χ4v) is 2.91. The second-order valence-corrected chi connectivity index (χ2v) is 5.78. The van der Waals surface area contributed by atoms with Crippen LogP contribution in [0.15, 0.2) is 9.90 Å². The number of hydrazone groups is 1. The standard InChI is InChI=1S/C15H22N6O/c1-5-7-11-13(22)12-14(19(4)18-11)16-15-20(12)9-10(3)17-21(15)8-6-2/h5-9H2,1-4H3. The third-order valence-corrected chi connectivity index (χ3v) is 3.81. The van der Waals surface area contributed by atoms with Gasteiger partial charge in [-0.25, -0.2) is 9.69 Å². The highest BCUT2D eigenvalue weighted by Gasteiger charge is 2.25. The highest BCUT2D eigenvalue weighted by molar-refractivity contribution is 5.87. The molecule has 3 rings (SSSR count). The van der Waals surface area contributed by atoms with Gasteiger partial charge in [0.15, 0.2) is 5.65 Å². The second-order valence-electron chi connectivity index (χ2n) is 5.78. The SMILES string of the molecule is CCCc1nn(C)c2nc3n(c2c1=O)CC(C)=NN3CCC. The summed E-state index contributed by atoms with van der Waals surface area (Å²) in [5.74, 6) is 0.741. The van der Waals surface area contributed by atoms with Gasteiger partial charge in [0.2, 0.25) is 11.4 Å². The molecular weight excluding hydrogens is 280 g/mol. The molecule has 0 bridgehead atoms. The maximum absolute atomic E-state index is 12.8. The highest BCUT2D eigenvalue weighted by atomic mass is 16.1. The van der Waals surface area contributed by atoms with E-state index in [1.807, 2.05) is 23.5 Å². The number of nitrogens with zero attached hydrogens (tertiary/aromatic N) is 6. The number of hydrogen-bond donors (Lipinski definition) is 0. The van der Waals surface area contributed by atoms with E-state index < -0.39 is 0 Å². The summed E-state index contributed by atoms with van der Waals surface area (Å²) >= 11 is 0. The third kappa shape index (κ3) is 2.20. The summed E-state index contributed by atoms with van der Waals surface area (Å²) in [6, 6.07) is 0. The molecule has 1 aliphatic rings. The Labute approximate surface area is 129 Å². The number of hydrogen-bond acceptors (Lipinski definition) is 5. The molecule has 2 aromatic rings. The van der Waals surface area contributed by atoms with E-state index in [2.05, 4.69) is 29.0 Å². The van der Waals surface area contributed by atoms with Crippen molar-refractivity contribution >= 4 is 22.8 Å². The van der Waals surface area contributed by atoms with Crippen molar-refractivity contribution in [3.05, 3.63) is 15.9 Å². The summed E-state index contributed by atoms with van der Waals surface area (Å²) in [4.78, 5) is 17.4. The molecule has 0 atom stereocenters. The van der Waals surface area contributed by atoms with E-state index in [0.717, 1.165) is 31.0 Å². The fourth-order valence-electron chi connectivity index (χ4n) is 2.91. The van der Waals surface area contributed by atoms with Crippen LogP contribution < -0.4 is 10.4 Å². The van der Waals surface area contributed by atoms with Crippen LogP contribution in [0.25, 0.3) is 11.2 Å². The Hall–Kier alpha value is -2.18. The molecule has 0 saturated carbocycles. The maximum Gasteiger partial charge on any atom is 0.229 e. The Bertz CT molecular complexity index is 800. The van der Waals surface area contributed by atoms with Crippen LogP contribution in [-0.4, -0.2) is 31.6 Å². The summed E-state index contributed by atoms with van der Waals surface area (Å²) in [6.45, 7) is 7.53. The second kappa shape index (κ2) is 5.55. The first-order valence-corrected chi connectivity index (χ1v) is 7.84. The lowest BCUT2D eigenvalue weighted by atomic mass is 10.2. The number of anilines is 1. The molecule has 0 spiro atoms. The fraction of sp³-hybridized carbons (Fsp3) is 0.600. The third-order valence-electron chi connectivity index (χ3n) is 3.81. The van der Waals surface area contributed by atoms with Crippen LogP contribution in [-0.2, 0) is 20.0 Å². The topological polar surface area (TPSA) is 68.3 Å². The Morgan fingerprint density at radius 2 is 2.00 bits per heavy atom. The molecule has 0 unspecified atom stereocenters. The number of imidazole rings is 1. The van der Waals surface area contributed by atoms with E-state index >= 15 is 0 Å². The molecule has 7 heteroatoms. The summed E-state index contributed by atoms with van der Waals surface area (Å²) in [5, 5.41) is 10.8. The van der Waals surface area contributed by atoms with Crippen molar-refractivity contribution in [3.63, 3.8) is 0 Å². The largest absolute Gasteiger partial charge is 0.298 e. The normalized spacial score (nSPS) is 14.4. The number of rotatable bonds is 4. The molecule has 0 N–H and O–H groups in total. The first-order chi connectivity index (χ1) is 10.6. The minimum atomic E-state index is -0.000140. The minimum Gasteiger partial charge on any atom is -0.298 e. The number of aromatic nitrogens is 4. The van der Waals surface area contributed by atoms with Crippen molar-refractivity contribution in [1.29, 1.82) is 0 Å². The van der Waals surface area contributed by atoms with E-state index in [1.165, 1.54) is 0 Å². The van der Waals surface area contributed by atoms with Crippen LogP contribution in [0.4, 0.5) is 5.95 Å². The molecule has 0 amide bonds. The van der Waals surface area contributed by atoms with Gasteiger partial charge >= 0.3 is 0 Å². The molecule has 0 aromatic carbocycles. The van der Waals surface area contributed by atoms with Crippen molar-refractivity contribution < 1.29 is 0 Å². The van der Waals surface area contributed by atoms with E-state index in [9.17, 15) is 4.79 Å².